The van der Waals surface area contributed by atoms with Gasteiger partial charge in [0.1, 0.15) is 4.21 Å². The Morgan fingerprint density at radius 1 is 1.33 bits per heavy atom. The molecule has 3 heterocycles. The summed E-state index contributed by atoms with van der Waals surface area (Å²) in [6.07, 6.45) is 4.20. The lowest BCUT2D eigenvalue weighted by Crippen LogP contribution is -2.50. The lowest BCUT2D eigenvalue weighted by atomic mass is 10.00. The summed E-state index contributed by atoms with van der Waals surface area (Å²) in [6, 6.07) is 4.34. The maximum absolute atomic E-state index is 11.9. The maximum atomic E-state index is 11.9. The van der Waals surface area contributed by atoms with Gasteiger partial charge in [-0.05, 0) is 37.1 Å². The normalized spacial score (nSPS) is 28.5. The minimum Gasteiger partial charge on any atom is -0.352 e. The molecule has 2 saturated heterocycles. The van der Waals surface area contributed by atoms with Crippen molar-refractivity contribution < 1.29 is 13.2 Å². The smallest absolute Gasteiger partial charge is 0.250 e. The van der Waals surface area contributed by atoms with Gasteiger partial charge in [0.15, 0.2) is 0 Å². The first-order valence-electron chi connectivity index (χ1n) is 7.11. The van der Waals surface area contributed by atoms with Crippen LogP contribution in [0.3, 0.4) is 0 Å². The topological polar surface area (TPSA) is 87.3 Å². The highest BCUT2D eigenvalue weighted by atomic mass is 32.2. The molecular weight excluding hydrogens is 310 g/mol. The van der Waals surface area contributed by atoms with Crippen LogP contribution in [-0.4, -0.2) is 39.0 Å². The summed E-state index contributed by atoms with van der Waals surface area (Å²) in [5.41, 5.74) is 0. The number of fused-ring (bicyclic) bond motifs is 2. The van der Waals surface area contributed by atoms with Crippen LogP contribution >= 0.6 is 11.3 Å². The molecule has 1 amide bonds. The molecular formula is C13H19N3O3S2. The van der Waals surface area contributed by atoms with Gasteiger partial charge in [0, 0.05) is 18.1 Å². The van der Waals surface area contributed by atoms with Gasteiger partial charge < -0.3 is 10.6 Å². The number of thiophene rings is 1. The standard InChI is InChI=1S/C13H19N3O3S2/c17-12(8-14-21(18,19)13-2-1-5-20-13)16-11-6-9-3-4-10(7-11)15-9/h1-2,5,9-11,14-15H,3-4,6-8H2,(H,16,17). The van der Waals surface area contributed by atoms with Gasteiger partial charge in [-0.1, -0.05) is 6.07 Å². The fraction of sp³-hybridized carbons (Fsp3) is 0.615. The third-order valence-electron chi connectivity index (χ3n) is 4.02. The van der Waals surface area contributed by atoms with E-state index in [1.54, 1.807) is 11.4 Å². The zero-order valence-electron chi connectivity index (χ0n) is 11.5. The predicted molar refractivity (Wildman–Crippen MR) is 80.6 cm³/mol. The van der Waals surface area contributed by atoms with Crippen LogP contribution in [-0.2, 0) is 14.8 Å². The molecule has 0 radical (unpaired) electrons. The van der Waals surface area contributed by atoms with Gasteiger partial charge >= 0.3 is 0 Å². The summed E-state index contributed by atoms with van der Waals surface area (Å²) >= 11 is 1.14. The molecule has 1 aromatic heterocycles. The van der Waals surface area contributed by atoms with Crippen molar-refractivity contribution >= 4 is 27.3 Å². The Morgan fingerprint density at radius 3 is 2.67 bits per heavy atom. The minimum atomic E-state index is -3.57. The van der Waals surface area contributed by atoms with Crippen molar-refractivity contribution in [3.8, 4) is 0 Å². The van der Waals surface area contributed by atoms with E-state index >= 15 is 0 Å². The van der Waals surface area contributed by atoms with Crippen LogP contribution in [0.15, 0.2) is 21.7 Å². The summed E-state index contributed by atoms with van der Waals surface area (Å²) in [5, 5.41) is 8.14. The average molecular weight is 329 g/mol. The van der Waals surface area contributed by atoms with Crippen LogP contribution in [0, 0.1) is 0 Å². The van der Waals surface area contributed by atoms with Crippen molar-refractivity contribution in [1.82, 2.24) is 15.4 Å². The van der Waals surface area contributed by atoms with Crippen LogP contribution in [0.2, 0.25) is 0 Å². The molecule has 21 heavy (non-hydrogen) atoms. The fourth-order valence-electron chi connectivity index (χ4n) is 3.10. The molecule has 0 spiro atoms. The van der Waals surface area contributed by atoms with E-state index in [1.807, 2.05) is 0 Å². The monoisotopic (exact) mass is 329 g/mol. The van der Waals surface area contributed by atoms with Gasteiger partial charge in [0.05, 0.1) is 6.54 Å². The highest BCUT2D eigenvalue weighted by Crippen LogP contribution is 2.26. The molecule has 3 N–H and O–H groups in total. The third-order valence-corrected chi connectivity index (χ3v) is 6.82. The number of hydrogen-bond acceptors (Lipinski definition) is 5. The lowest BCUT2D eigenvalue weighted by Gasteiger charge is -2.29. The van der Waals surface area contributed by atoms with Gasteiger partial charge in [-0.25, -0.2) is 13.1 Å². The van der Waals surface area contributed by atoms with Crippen molar-refractivity contribution in [2.24, 2.45) is 0 Å². The first-order valence-corrected chi connectivity index (χ1v) is 9.48. The van der Waals surface area contributed by atoms with E-state index in [1.165, 1.54) is 18.9 Å². The molecule has 2 aliphatic heterocycles. The number of nitrogens with one attached hydrogen (secondary N) is 3. The van der Waals surface area contributed by atoms with Crippen LogP contribution < -0.4 is 15.4 Å². The molecule has 2 unspecified atom stereocenters. The average Bonchev–Trinajstić information content (AvgIpc) is 3.07. The second kappa shape index (κ2) is 6.04. The molecule has 0 saturated carbocycles. The minimum absolute atomic E-state index is 0.155. The zero-order valence-corrected chi connectivity index (χ0v) is 13.2. The Balaban J connectivity index is 1.49. The highest BCUT2D eigenvalue weighted by Gasteiger charge is 2.34. The number of rotatable bonds is 5. The number of carbonyl (C=O) groups excluding carboxylic acids is 1. The molecule has 1 aromatic rings. The van der Waals surface area contributed by atoms with Crippen LogP contribution in [0.5, 0.6) is 0 Å². The van der Waals surface area contributed by atoms with Crippen molar-refractivity contribution in [2.75, 3.05) is 6.54 Å². The number of carbonyl (C=O) groups is 1. The number of sulfonamides is 1. The van der Waals surface area contributed by atoms with E-state index in [2.05, 4.69) is 15.4 Å². The molecule has 3 rings (SSSR count). The molecule has 6 nitrogen and oxygen atoms in total. The molecule has 2 fully saturated rings. The second-order valence-electron chi connectivity index (χ2n) is 5.63. The fourth-order valence-corrected chi connectivity index (χ4v) is 5.12. The summed E-state index contributed by atoms with van der Waals surface area (Å²) in [4.78, 5) is 11.9. The molecule has 0 aromatic carbocycles. The van der Waals surface area contributed by atoms with Crippen molar-refractivity contribution in [2.45, 2.75) is 48.0 Å². The van der Waals surface area contributed by atoms with Crippen molar-refractivity contribution in [3.63, 3.8) is 0 Å². The lowest BCUT2D eigenvalue weighted by molar-refractivity contribution is -0.120. The maximum Gasteiger partial charge on any atom is 0.250 e. The van der Waals surface area contributed by atoms with E-state index in [0.29, 0.717) is 12.1 Å². The molecule has 2 bridgehead atoms. The largest absolute Gasteiger partial charge is 0.352 e. The van der Waals surface area contributed by atoms with Crippen LogP contribution in [0.1, 0.15) is 25.7 Å². The number of hydrogen-bond donors (Lipinski definition) is 3. The Hall–Kier alpha value is -0.960. The number of amides is 1. The zero-order chi connectivity index (χ0) is 14.9. The van der Waals surface area contributed by atoms with Crippen molar-refractivity contribution in [3.05, 3.63) is 17.5 Å². The van der Waals surface area contributed by atoms with E-state index in [0.717, 1.165) is 24.2 Å². The van der Waals surface area contributed by atoms with Crippen molar-refractivity contribution in [1.29, 1.82) is 0 Å². The quantitative estimate of drug-likeness (QED) is 0.731. The van der Waals surface area contributed by atoms with E-state index < -0.39 is 10.0 Å². The Kier molecular flexibility index (Phi) is 4.30. The SMILES string of the molecule is O=C(CNS(=O)(=O)c1cccs1)NC1CC2CCC(C1)N2. The van der Waals surface area contributed by atoms with Gasteiger partial charge in [0.25, 0.3) is 10.0 Å². The first-order chi connectivity index (χ1) is 10.0. The Bertz CT molecular complexity index is 588. The van der Waals surface area contributed by atoms with E-state index in [9.17, 15) is 13.2 Å². The second-order valence-corrected chi connectivity index (χ2v) is 8.57. The van der Waals surface area contributed by atoms with Gasteiger partial charge in [-0.3, -0.25) is 4.79 Å². The Labute approximate surface area is 128 Å². The van der Waals surface area contributed by atoms with Gasteiger partial charge in [-0.15, -0.1) is 11.3 Å². The van der Waals surface area contributed by atoms with E-state index in [-0.39, 0.29) is 22.7 Å². The van der Waals surface area contributed by atoms with Gasteiger partial charge in [0.2, 0.25) is 5.91 Å². The molecule has 2 atom stereocenters. The number of piperidine rings is 1. The van der Waals surface area contributed by atoms with Crippen LogP contribution in [0.4, 0.5) is 0 Å². The molecule has 2 aliphatic rings. The predicted octanol–water partition coefficient (Wildman–Crippen LogP) is 0.426. The van der Waals surface area contributed by atoms with Crippen LogP contribution in [0.25, 0.3) is 0 Å². The third kappa shape index (κ3) is 3.63. The summed E-state index contributed by atoms with van der Waals surface area (Å²) in [5.74, 6) is -0.263. The summed E-state index contributed by atoms with van der Waals surface area (Å²) in [6.45, 7) is -0.209. The molecule has 8 heteroatoms. The van der Waals surface area contributed by atoms with Gasteiger partial charge in [-0.2, -0.15) is 0 Å². The van der Waals surface area contributed by atoms with E-state index in [4.69, 9.17) is 0 Å². The molecule has 116 valence electrons. The molecule has 0 aliphatic carbocycles. The Morgan fingerprint density at radius 2 is 2.05 bits per heavy atom. The first kappa shape index (κ1) is 15.0. The highest BCUT2D eigenvalue weighted by molar-refractivity contribution is 7.91. The summed E-state index contributed by atoms with van der Waals surface area (Å²) < 4.78 is 26.4. The summed E-state index contributed by atoms with van der Waals surface area (Å²) in [7, 11) is -3.57.